The minimum absolute atomic E-state index is 0.0632. The molecule has 1 unspecified atom stereocenters. The van der Waals surface area contributed by atoms with Crippen molar-refractivity contribution in [3.8, 4) is 0 Å². The molecule has 1 atom stereocenters. The minimum Gasteiger partial charge on any atom is -0.462 e. The number of carbonyl (C=O) groups excluding carboxylic acids is 3. The van der Waals surface area contributed by atoms with Crippen molar-refractivity contribution in [2.24, 2.45) is 5.73 Å². The molecule has 3 amide bonds. The van der Waals surface area contributed by atoms with Crippen LogP contribution >= 0.6 is 11.6 Å². The topological polar surface area (TPSA) is 111 Å². The summed E-state index contributed by atoms with van der Waals surface area (Å²) in [6.07, 6.45) is -0.0632. The van der Waals surface area contributed by atoms with Crippen molar-refractivity contribution in [1.29, 1.82) is 0 Å². The van der Waals surface area contributed by atoms with Gasteiger partial charge < -0.3 is 21.1 Å². The first-order valence-electron chi connectivity index (χ1n) is 8.28. The fourth-order valence-corrected chi connectivity index (χ4v) is 2.74. The lowest BCUT2D eigenvalue weighted by Crippen LogP contribution is -2.35. The zero-order chi connectivity index (χ0) is 19.8. The number of carbonyl (C=O) groups is 3. The van der Waals surface area contributed by atoms with E-state index in [4.69, 9.17) is 22.1 Å². The Balaban J connectivity index is 2.06. The van der Waals surface area contributed by atoms with Crippen LogP contribution in [0.3, 0.4) is 0 Å². The lowest BCUT2D eigenvalue weighted by Gasteiger charge is -2.19. The molecule has 7 nitrogen and oxygen atoms in total. The Morgan fingerprint density at radius 1 is 1.11 bits per heavy atom. The molecule has 0 bridgehead atoms. The van der Waals surface area contributed by atoms with Gasteiger partial charge in [0.15, 0.2) is 0 Å². The number of rotatable bonds is 7. The third kappa shape index (κ3) is 6.00. The molecule has 2 aromatic carbocycles. The van der Waals surface area contributed by atoms with E-state index < -0.39 is 18.0 Å². The van der Waals surface area contributed by atoms with Gasteiger partial charge in [0.2, 0.25) is 5.91 Å². The Hall–Kier alpha value is -3.06. The van der Waals surface area contributed by atoms with Gasteiger partial charge in [-0.3, -0.25) is 4.79 Å². The van der Waals surface area contributed by atoms with Crippen LogP contribution in [0.1, 0.15) is 35.3 Å². The van der Waals surface area contributed by atoms with Gasteiger partial charge in [-0.2, -0.15) is 0 Å². The largest absolute Gasteiger partial charge is 0.462 e. The average Bonchev–Trinajstić information content (AvgIpc) is 2.62. The van der Waals surface area contributed by atoms with E-state index >= 15 is 0 Å². The highest BCUT2D eigenvalue weighted by Crippen LogP contribution is 2.25. The standard InChI is InChI=1S/C19H20ClN3O4/c1-2-27-18(25)12-7-9-13(10-8-12)22-17(24)11-16(23-19(21)26)14-5-3-4-6-15(14)20/h3-10,16H,2,11H2,1H3,(H,22,24)(H3,21,23,26). The number of ether oxygens (including phenoxy) is 1. The summed E-state index contributed by atoms with van der Waals surface area (Å²) >= 11 is 6.15. The number of hydrogen-bond acceptors (Lipinski definition) is 4. The van der Waals surface area contributed by atoms with Crippen LogP contribution in [-0.4, -0.2) is 24.5 Å². The van der Waals surface area contributed by atoms with Crippen LogP contribution in [0.15, 0.2) is 48.5 Å². The van der Waals surface area contributed by atoms with Gasteiger partial charge in [0.05, 0.1) is 24.6 Å². The van der Waals surface area contributed by atoms with E-state index in [2.05, 4.69) is 10.6 Å². The number of urea groups is 1. The smallest absolute Gasteiger partial charge is 0.338 e. The Morgan fingerprint density at radius 3 is 2.37 bits per heavy atom. The Morgan fingerprint density at radius 2 is 1.78 bits per heavy atom. The maximum absolute atomic E-state index is 12.4. The van der Waals surface area contributed by atoms with Crippen LogP contribution in [0.4, 0.5) is 10.5 Å². The second kappa shape index (κ2) is 9.59. The van der Waals surface area contributed by atoms with Gasteiger partial charge in [-0.1, -0.05) is 29.8 Å². The molecule has 0 aliphatic heterocycles. The van der Waals surface area contributed by atoms with Crippen molar-refractivity contribution in [2.45, 2.75) is 19.4 Å². The second-order valence-corrected chi connectivity index (χ2v) is 6.04. The number of halogens is 1. The average molecular weight is 390 g/mol. The van der Waals surface area contributed by atoms with Crippen molar-refractivity contribution in [3.63, 3.8) is 0 Å². The molecule has 0 saturated carbocycles. The fourth-order valence-electron chi connectivity index (χ4n) is 2.47. The highest BCUT2D eigenvalue weighted by Gasteiger charge is 2.20. The normalized spacial score (nSPS) is 11.3. The summed E-state index contributed by atoms with van der Waals surface area (Å²) in [6, 6.07) is 11.7. The van der Waals surface area contributed by atoms with Gasteiger partial charge in [0.25, 0.3) is 0 Å². The fraction of sp³-hybridized carbons (Fsp3) is 0.211. The zero-order valence-corrected chi connectivity index (χ0v) is 15.5. The van der Waals surface area contributed by atoms with Gasteiger partial charge in [-0.25, -0.2) is 9.59 Å². The molecule has 0 spiro atoms. The third-order valence-electron chi connectivity index (χ3n) is 3.67. The molecule has 8 heteroatoms. The molecular weight excluding hydrogens is 370 g/mol. The van der Waals surface area contributed by atoms with Crippen molar-refractivity contribution in [1.82, 2.24) is 5.32 Å². The number of amides is 3. The molecule has 0 radical (unpaired) electrons. The Labute approximate surface area is 161 Å². The van der Waals surface area contributed by atoms with E-state index in [-0.39, 0.29) is 18.9 Å². The molecule has 4 N–H and O–H groups in total. The van der Waals surface area contributed by atoms with Crippen molar-refractivity contribution in [3.05, 3.63) is 64.7 Å². The number of nitrogens with two attached hydrogens (primary N) is 1. The molecule has 0 fully saturated rings. The monoisotopic (exact) mass is 389 g/mol. The van der Waals surface area contributed by atoms with Crippen LogP contribution in [0.2, 0.25) is 5.02 Å². The molecular formula is C19H20ClN3O4. The number of nitrogens with one attached hydrogen (secondary N) is 2. The number of hydrogen-bond donors (Lipinski definition) is 3. The van der Waals surface area contributed by atoms with E-state index in [1.807, 2.05) is 0 Å². The maximum Gasteiger partial charge on any atom is 0.338 e. The summed E-state index contributed by atoms with van der Waals surface area (Å²) < 4.78 is 4.91. The second-order valence-electron chi connectivity index (χ2n) is 5.63. The van der Waals surface area contributed by atoms with E-state index in [0.717, 1.165) is 0 Å². The lowest BCUT2D eigenvalue weighted by molar-refractivity contribution is -0.116. The minimum atomic E-state index is -0.758. The van der Waals surface area contributed by atoms with Crippen LogP contribution in [0.25, 0.3) is 0 Å². The van der Waals surface area contributed by atoms with E-state index in [1.54, 1.807) is 55.5 Å². The summed E-state index contributed by atoms with van der Waals surface area (Å²) in [7, 11) is 0. The number of anilines is 1. The Bertz CT molecular complexity index is 824. The quantitative estimate of drug-likeness (QED) is 0.631. The highest BCUT2D eigenvalue weighted by atomic mass is 35.5. The SMILES string of the molecule is CCOC(=O)c1ccc(NC(=O)CC(NC(N)=O)c2ccccc2Cl)cc1. The van der Waals surface area contributed by atoms with E-state index in [0.29, 0.717) is 21.8 Å². The molecule has 0 heterocycles. The van der Waals surface area contributed by atoms with Crippen LogP contribution in [0.5, 0.6) is 0 Å². The van der Waals surface area contributed by atoms with Crippen molar-refractivity contribution >= 4 is 35.2 Å². The van der Waals surface area contributed by atoms with Crippen molar-refractivity contribution < 1.29 is 19.1 Å². The van der Waals surface area contributed by atoms with E-state index in [1.165, 1.54) is 0 Å². The van der Waals surface area contributed by atoms with Gasteiger partial charge in [0, 0.05) is 10.7 Å². The van der Waals surface area contributed by atoms with Gasteiger partial charge >= 0.3 is 12.0 Å². The zero-order valence-electron chi connectivity index (χ0n) is 14.7. The van der Waals surface area contributed by atoms with Gasteiger partial charge in [-0.15, -0.1) is 0 Å². The first kappa shape index (κ1) is 20.3. The molecule has 2 rings (SSSR count). The summed E-state index contributed by atoms with van der Waals surface area (Å²) in [5, 5.41) is 5.65. The molecule has 142 valence electrons. The lowest BCUT2D eigenvalue weighted by atomic mass is 10.0. The van der Waals surface area contributed by atoms with E-state index in [9.17, 15) is 14.4 Å². The molecule has 27 heavy (non-hydrogen) atoms. The molecule has 0 aliphatic rings. The molecule has 0 saturated heterocycles. The molecule has 2 aromatic rings. The molecule has 0 aliphatic carbocycles. The number of primary amides is 1. The maximum atomic E-state index is 12.4. The van der Waals surface area contributed by atoms with Crippen LogP contribution in [-0.2, 0) is 9.53 Å². The Kier molecular flexibility index (Phi) is 7.19. The van der Waals surface area contributed by atoms with Crippen LogP contribution < -0.4 is 16.4 Å². The predicted octanol–water partition coefficient (Wildman–Crippen LogP) is 3.25. The first-order chi connectivity index (χ1) is 12.9. The predicted molar refractivity (Wildman–Crippen MR) is 103 cm³/mol. The summed E-state index contributed by atoms with van der Waals surface area (Å²) in [6.45, 7) is 2.01. The van der Waals surface area contributed by atoms with Gasteiger partial charge in [-0.05, 0) is 42.8 Å². The van der Waals surface area contributed by atoms with Gasteiger partial charge in [0.1, 0.15) is 0 Å². The van der Waals surface area contributed by atoms with Crippen LogP contribution in [0, 0.1) is 0 Å². The summed E-state index contributed by atoms with van der Waals surface area (Å²) in [5.74, 6) is -0.780. The highest BCUT2D eigenvalue weighted by molar-refractivity contribution is 6.31. The first-order valence-corrected chi connectivity index (χ1v) is 8.66. The molecule has 0 aromatic heterocycles. The third-order valence-corrected chi connectivity index (χ3v) is 4.01. The van der Waals surface area contributed by atoms with Crippen molar-refractivity contribution in [2.75, 3.05) is 11.9 Å². The number of esters is 1. The number of benzene rings is 2. The summed E-state index contributed by atoms with van der Waals surface area (Å²) in [5.41, 5.74) is 6.69. The summed E-state index contributed by atoms with van der Waals surface area (Å²) in [4.78, 5) is 35.3.